The summed E-state index contributed by atoms with van der Waals surface area (Å²) in [7, 11) is 0. The van der Waals surface area contributed by atoms with Gasteiger partial charge in [0.2, 0.25) is 23.4 Å². The van der Waals surface area contributed by atoms with Crippen molar-refractivity contribution in [2.45, 2.75) is 96.5 Å². The first-order chi connectivity index (χ1) is 21.3. The number of benzene rings is 1. The fourth-order valence-corrected chi connectivity index (χ4v) is 4.33. The maximum atomic E-state index is 13.4. The molecule has 1 aromatic rings. The van der Waals surface area contributed by atoms with Crippen molar-refractivity contribution in [1.29, 1.82) is 5.41 Å². The number of hydrazine groups is 1. The summed E-state index contributed by atoms with van der Waals surface area (Å²) in [6.07, 6.45) is 0.749. The number of rotatable bonds is 24. The second kappa shape index (κ2) is 21.4. The predicted molar refractivity (Wildman–Crippen MR) is 174 cm³/mol. The lowest BCUT2D eigenvalue weighted by atomic mass is 9.98. The Hall–Kier alpha value is -3.35. The van der Waals surface area contributed by atoms with Crippen LogP contribution in [0.4, 0.5) is 0 Å². The Morgan fingerprint density at radius 3 is 1.87 bits per heavy atom. The molecule has 0 spiro atoms. The molecule has 0 fully saturated rings. The number of ketones is 2. The number of nitrogens with two attached hydrogens (primary N) is 5. The highest BCUT2D eigenvalue weighted by Crippen LogP contribution is 2.08. The fourth-order valence-electron chi connectivity index (χ4n) is 4.33. The van der Waals surface area contributed by atoms with Crippen LogP contribution in [-0.2, 0) is 25.7 Å². The molecule has 16 nitrogen and oxygen atoms in total. The maximum Gasteiger partial charge on any atom is 0.239 e. The molecule has 0 aliphatic carbocycles. The van der Waals surface area contributed by atoms with E-state index in [9.17, 15) is 19.2 Å². The third-order valence-electron chi connectivity index (χ3n) is 6.89. The number of amides is 2. The summed E-state index contributed by atoms with van der Waals surface area (Å²) in [6, 6.07) is 4.33. The molecular formula is C29H54N12O4. The van der Waals surface area contributed by atoms with Crippen molar-refractivity contribution in [1.82, 2.24) is 32.1 Å². The molecule has 0 unspecified atom stereocenters. The summed E-state index contributed by atoms with van der Waals surface area (Å²) in [4.78, 5) is 52.0. The number of nitrogens with one attached hydrogen (secondary N) is 7. The Morgan fingerprint density at radius 2 is 1.38 bits per heavy atom. The van der Waals surface area contributed by atoms with Gasteiger partial charge in [0.05, 0.1) is 12.1 Å². The van der Waals surface area contributed by atoms with E-state index in [-0.39, 0.29) is 37.0 Å². The molecule has 16 heteroatoms. The molecule has 45 heavy (non-hydrogen) atoms. The minimum absolute atomic E-state index is 0.0490. The SMILES string of the molecule is CCCC(=O)C(=O)[C@H](CCCNC(N)N)NC(=O)[C@@H](NN[C@@H](CCCNC(N)N)C(=O)NCc1ccc(C(=N)N)cc1)C(C)C. The first kappa shape index (κ1) is 39.7. The minimum Gasteiger partial charge on any atom is -0.384 e. The zero-order valence-corrected chi connectivity index (χ0v) is 26.7. The molecule has 0 saturated heterocycles. The molecular weight excluding hydrogens is 580 g/mol. The van der Waals surface area contributed by atoms with Crippen molar-refractivity contribution >= 4 is 29.2 Å². The molecule has 0 radical (unpaired) electrons. The highest BCUT2D eigenvalue weighted by Gasteiger charge is 2.31. The number of Topliss-reactive ketones (excluding diaryl/α,β-unsaturated/α-hetero) is 2. The Balaban J connectivity index is 2.98. The third-order valence-corrected chi connectivity index (χ3v) is 6.89. The van der Waals surface area contributed by atoms with Gasteiger partial charge in [0.25, 0.3) is 0 Å². The minimum atomic E-state index is -1.02. The van der Waals surface area contributed by atoms with E-state index < -0.39 is 48.2 Å². The van der Waals surface area contributed by atoms with Crippen molar-refractivity contribution in [2.75, 3.05) is 13.1 Å². The second-order valence-electron chi connectivity index (χ2n) is 11.2. The van der Waals surface area contributed by atoms with Crippen LogP contribution in [0, 0.1) is 11.3 Å². The Labute approximate surface area is 265 Å². The van der Waals surface area contributed by atoms with Gasteiger partial charge in [0, 0.05) is 18.5 Å². The zero-order valence-electron chi connectivity index (χ0n) is 26.7. The molecule has 1 aromatic carbocycles. The predicted octanol–water partition coefficient (Wildman–Crippen LogP) is -2.36. The smallest absolute Gasteiger partial charge is 0.239 e. The van der Waals surface area contributed by atoms with Gasteiger partial charge in [0.15, 0.2) is 0 Å². The molecule has 254 valence electrons. The molecule has 0 aliphatic heterocycles. The van der Waals surface area contributed by atoms with Crippen LogP contribution in [0.25, 0.3) is 0 Å². The highest BCUT2D eigenvalue weighted by molar-refractivity contribution is 6.39. The Morgan fingerprint density at radius 1 is 0.822 bits per heavy atom. The lowest BCUT2D eigenvalue weighted by molar-refractivity contribution is -0.139. The summed E-state index contributed by atoms with van der Waals surface area (Å²) in [5.41, 5.74) is 35.0. The van der Waals surface area contributed by atoms with E-state index in [4.69, 9.17) is 34.1 Å². The largest absolute Gasteiger partial charge is 0.384 e. The average molecular weight is 635 g/mol. The Kier molecular flexibility index (Phi) is 18.9. The van der Waals surface area contributed by atoms with E-state index in [1.807, 2.05) is 13.8 Å². The van der Waals surface area contributed by atoms with E-state index in [2.05, 4.69) is 32.1 Å². The molecule has 17 N–H and O–H groups in total. The molecule has 0 saturated carbocycles. The third kappa shape index (κ3) is 16.0. The highest BCUT2D eigenvalue weighted by atomic mass is 16.2. The van der Waals surface area contributed by atoms with Gasteiger partial charge in [-0.1, -0.05) is 45.0 Å². The lowest BCUT2D eigenvalue weighted by Crippen LogP contribution is -2.60. The maximum absolute atomic E-state index is 13.4. The molecule has 1 rings (SSSR count). The van der Waals surface area contributed by atoms with E-state index in [1.54, 1.807) is 31.2 Å². The van der Waals surface area contributed by atoms with Crippen molar-refractivity contribution in [3.8, 4) is 0 Å². The molecule has 0 heterocycles. The van der Waals surface area contributed by atoms with Gasteiger partial charge in [-0.3, -0.25) is 35.2 Å². The van der Waals surface area contributed by atoms with Crippen molar-refractivity contribution in [3.63, 3.8) is 0 Å². The average Bonchev–Trinajstić information content (AvgIpc) is 2.98. The summed E-state index contributed by atoms with van der Waals surface area (Å²) in [5.74, 6) is -2.32. The number of carbonyl (C=O) groups is 4. The van der Waals surface area contributed by atoms with Crippen LogP contribution in [0.3, 0.4) is 0 Å². The van der Waals surface area contributed by atoms with Crippen molar-refractivity contribution < 1.29 is 19.2 Å². The van der Waals surface area contributed by atoms with Gasteiger partial charge in [0.1, 0.15) is 24.5 Å². The van der Waals surface area contributed by atoms with E-state index in [1.165, 1.54) is 0 Å². The zero-order chi connectivity index (χ0) is 33.9. The number of carbonyl (C=O) groups excluding carboxylic acids is 4. The van der Waals surface area contributed by atoms with Crippen LogP contribution >= 0.6 is 0 Å². The summed E-state index contributed by atoms with van der Waals surface area (Å²) < 4.78 is 0. The van der Waals surface area contributed by atoms with Gasteiger partial charge in [-0.25, -0.2) is 10.9 Å². The van der Waals surface area contributed by atoms with Crippen molar-refractivity contribution in [3.05, 3.63) is 35.4 Å². The van der Waals surface area contributed by atoms with Crippen LogP contribution in [-0.4, -0.2) is 73.0 Å². The normalized spacial score (nSPS) is 13.5. The van der Waals surface area contributed by atoms with Gasteiger partial charge in [-0.15, -0.1) is 0 Å². The second-order valence-corrected chi connectivity index (χ2v) is 11.2. The van der Waals surface area contributed by atoms with Crippen molar-refractivity contribution in [2.24, 2.45) is 34.6 Å². The number of amidine groups is 1. The van der Waals surface area contributed by atoms with E-state index in [0.29, 0.717) is 44.3 Å². The van der Waals surface area contributed by atoms with Gasteiger partial charge in [-0.2, -0.15) is 0 Å². The molecule has 0 aliphatic rings. The van der Waals surface area contributed by atoms with Gasteiger partial charge >= 0.3 is 0 Å². The summed E-state index contributed by atoms with van der Waals surface area (Å²) >= 11 is 0. The quantitative estimate of drug-likeness (QED) is 0.0142. The van der Waals surface area contributed by atoms with E-state index >= 15 is 0 Å². The van der Waals surface area contributed by atoms with Crippen LogP contribution in [0.2, 0.25) is 0 Å². The number of hydrogen-bond acceptors (Lipinski definition) is 13. The van der Waals surface area contributed by atoms with Gasteiger partial charge in [-0.05, 0) is 56.7 Å². The van der Waals surface area contributed by atoms with Crippen LogP contribution in [0.1, 0.15) is 70.4 Å². The van der Waals surface area contributed by atoms with Crippen LogP contribution in [0.15, 0.2) is 24.3 Å². The fraction of sp³-hybridized carbons (Fsp3) is 0.621. The standard InChI is InChI=1S/C29H54N12O4/c1-4-7-22(42)24(43)20(8-5-14-36-28(32)33)39-27(45)23(17(2)3)41-40-21(9-6-15-37-29(34)35)26(44)38-16-18-10-12-19(13-11-18)25(30)31/h10-13,17,20-21,23,28-29,36-37,40-41H,4-9,14-16,32-35H2,1-3H3,(H3,30,31)(H,38,44)(H,39,45)/t20-,21-,23-/m0/s1. The molecule has 3 atom stereocenters. The van der Waals surface area contributed by atoms with Crippen LogP contribution < -0.4 is 60.8 Å². The topological polar surface area (TPSA) is 294 Å². The van der Waals surface area contributed by atoms with E-state index in [0.717, 1.165) is 5.56 Å². The molecule has 0 bridgehead atoms. The first-order valence-corrected chi connectivity index (χ1v) is 15.3. The first-order valence-electron chi connectivity index (χ1n) is 15.3. The summed E-state index contributed by atoms with van der Waals surface area (Å²) in [6.45, 7) is 6.52. The Bertz CT molecular complexity index is 1080. The molecule has 2 amide bonds. The lowest BCUT2D eigenvalue weighted by Gasteiger charge is -2.28. The van der Waals surface area contributed by atoms with Crippen LogP contribution in [0.5, 0.6) is 0 Å². The summed E-state index contributed by atoms with van der Waals surface area (Å²) in [5, 5.41) is 18.9. The molecule has 0 aromatic heterocycles. The number of hydrogen-bond donors (Lipinski definition) is 12. The van der Waals surface area contributed by atoms with Gasteiger partial charge < -0.3 is 39.3 Å². The monoisotopic (exact) mass is 634 g/mol. The number of nitrogen functional groups attached to an aromatic ring is 1.